The van der Waals surface area contributed by atoms with E-state index in [0.29, 0.717) is 18.4 Å². The number of hydrogen-bond acceptors (Lipinski definition) is 5. The summed E-state index contributed by atoms with van der Waals surface area (Å²) in [5, 5.41) is 7.24. The number of nitrogens with zero attached hydrogens (tertiary/aromatic N) is 4. The van der Waals surface area contributed by atoms with Crippen molar-refractivity contribution in [3.05, 3.63) is 45.5 Å². The SMILES string of the molecule is CN(C)C1(CNc2cnn(-c3ccc(C(F)(F)F)cn3)c(=O)c2Cl)CCCCCC1. The molecule has 2 heterocycles. The van der Waals surface area contributed by atoms with Crippen molar-refractivity contribution in [1.29, 1.82) is 0 Å². The lowest BCUT2D eigenvalue weighted by molar-refractivity contribution is -0.137. The van der Waals surface area contributed by atoms with Crippen LogP contribution in [0.5, 0.6) is 0 Å². The Bertz CT molecular complexity index is 920. The maximum atomic E-state index is 12.7. The summed E-state index contributed by atoms with van der Waals surface area (Å²) in [7, 11) is 4.11. The molecule has 10 heteroatoms. The first kappa shape index (κ1) is 22.6. The molecule has 1 aliphatic carbocycles. The molecule has 164 valence electrons. The van der Waals surface area contributed by atoms with Crippen molar-refractivity contribution in [3.8, 4) is 5.82 Å². The molecule has 30 heavy (non-hydrogen) atoms. The van der Waals surface area contributed by atoms with Gasteiger partial charge in [0, 0.05) is 18.3 Å². The molecule has 0 bridgehead atoms. The van der Waals surface area contributed by atoms with Gasteiger partial charge in [0.15, 0.2) is 5.82 Å². The predicted molar refractivity (Wildman–Crippen MR) is 110 cm³/mol. The summed E-state index contributed by atoms with van der Waals surface area (Å²) in [6.07, 6.45) is 4.38. The van der Waals surface area contributed by atoms with Crippen LogP contribution >= 0.6 is 11.6 Å². The first-order valence-corrected chi connectivity index (χ1v) is 10.2. The molecule has 6 nitrogen and oxygen atoms in total. The standard InChI is InChI=1S/C20H25ClF3N5O/c1-28(2)19(9-5-3-4-6-10-19)13-26-15-12-27-29(18(30)17(15)21)16-8-7-14(11-25-16)20(22,23)24/h7-8,11-12,26H,3-6,9-10,13H2,1-2H3. The molecule has 2 aromatic rings. The molecular formula is C20H25ClF3N5O. The van der Waals surface area contributed by atoms with Crippen LogP contribution in [0, 0.1) is 0 Å². The Morgan fingerprint density at radius 3 is 2.37 bits per heavy atom. The molecule has 2 aromatic heterocycles. The van der Waals surface area contributed by atoms with Crippen molar-refractivity contribution in [2.24, 2.45) is 0 Å². The van der Waals surface area contributed by atoms with E-state index in [0.717, 1.165) is 42.5 Å². The molecule has 0 aromatic carbocycles. The minimum atomic E-state index is -4.50. The summed E-state index contributed by atoms with van der Waals surface area (Å²) in [6, 6.07) is 1.94. The van der Waals surface area contributed by atoms with Gasteiger partial charge in [0.05, 0.1) is 17.4 Å². The maximum absolute atomic E-state index is 12.7. The van der Waals surface area contributed by atoms with Crippen molar-refractivity contribution in [2.45, 2.75) is 50.2 Å². The molecular weight excluding hydrogens is 419 g/mol. The molecule has 0 aliphatic heterocycles. The van der Waals surface area contributed by atoms with Gasteiger partial charge in [-0.15, -0.1) is 0 Å². The molecule has 0 unspecified atom stereocenters. The molecule has 1 aliphatic rings. The number of anilines is 1. The number of hydrogen-bond donors (Lipinski definition) is 1. The Morgan fingerprint density at radius 2 is 1.83 bits per heavy atom. The summed E-state index contributed by atoms with van der Waals surface area (Å²) in [4.78, 5) is 18.6. The predicted octanol–water partition coefficient (Wildman–Crippen LogP) is 4.37. The Kier molecular flexibility index (Phi) is 6.71. The van der Waals surface area contributed by atoms with Crippen LogP contribution in [0.2, 0.25) is 5.02 Å². The van der Waals surface area contributed by atoms with Gasteiger partial charge in [-0.05, 0) is 39.1 Å². The zero-order valence-corrected chi connectivity index (χ0v) is 17.7. The Morgan fingerprint density at radius 1 is 1.17 bits per heavy atom. The molecule has 1 saturated carbocycles. The van der Waals surface area contributed by atoms with Crippen LogP contribution in [0.3, 0.4) is 0 Å². The zero-order valence-electron chi connectivity index (χ0n) is 17.0. The fourth-order valence-electron chi connectivity index (χ4n) is 3.83. The molecule has 3 rings (SSSR count). The number of likely N-dealkylation sites (N-methyl/N-ethyl adjacent to an activating group) is 1. The lowest BCUT2D eigenvalue weighted by Crippen LogP contribution is -2.49. The number of pyridine rings is 1. The average Bonchev–Trinajstić information content (AvgIpc) is 2.95. The minimum Gasteiger partial charge on any atom is -0.381 e. The third-order valence-electron chi connectivity index (χ3n) is 5.80. The highest BCUT2D eigenvalue weighted by Crippen LogP contribution is 2.32. The highest BCUT2D eigenvalue weighted by molar-refractivity contribution is 6.32. The fraction of sp³-hybridized carbons (Fsp3) is 0.550. The monoisotopic (exact) mass is 443 g/mol. The summed E-state index contributed by atoms with van der Waals surface area (Å²) >= 11 is 6.27. The van der Waals surface area contributed by atoms with E-state index >= 15 is 0 Å². The van der Waals surface area contributed by atoms with Crippen LogP contribution in [0.1, 0.15) is 44.1 Å². The molecule has 1 N–H and O–H groups in total. The van der Waals surface area contributed by atoms with E-state index in [-0.39, 0.29) is 16.4 Å². The van der Waals surface area contributed by atoms with Gasteiger partial charge in [0.25, 0.3) is 5.56 Å². The third-order valence-corrected chi connectivity index (χ3v) is 6.17. The molecule has 0 amide bonds. The summed E-state index contributed by atoms with van der Waals surface area (Å²) in [5.74, 6) is -0.0324. The van der Waals surface area contributed by atoms with E-state index in [2.05, 4.69) is 34.4 Å². The van der Waals surface area contributed by atoms with E-state index < -0.39 is 17.3 Å². The van der Waals surface area contributed by atoms with Gasteiger partial charge >= 0.3 is 6.18 Å². The van der Waals surface area contributed by atoms with Gasteiger partial charge in [-0.2, -0.15) is 23.0 Å². The highest BCUT2D eigenvalue weighted by Gasteiger charge is 2.33. The number of halogens is 4. The van der Waals surface area contributed by atoms with Crippen LogP contribution in [0.25, 0.3) is 5.82 Å². The van der Waals surface area contributed by atoms with Crippen molar-refractivity contribution in [1.82, 2.24) is 19.7 Å². The lowest BCUT2D eigenvalue weighted by Gasteiger charge is -2.40. The largest absolute Gasteiger partial charge is 0.417 e. The quantitative estimate of drug-likeness (QED) is 0.695. The van der Waals surface area contributed by atoms with E-state index in [1.165, 1.54) is 19.0 Å². The lowest BCUT2D eigenvalue weighted by atomic mass is 9.88. The number of aromatic nitrogens is 3. The minimum absolute atomic E-state index is 0.0324. The van der Waals surface area contributed by atoms with Gasteiger partial charge in [0.2, 0.25) is 0 Å². The third kappa shape index (κ3) is 4.78. The van der Waals surface area contributed by atoms with E-state index in [4.69, 9.17) is 11.6 Å². The summed E-state index contributed by atoms with van der Waals surface area (Å²) in [6.45, 7) is 0.614. The van der Waals surface area contributed by atoms with Gasteiger partial charge in [-0.3, -0.25) is 4.79 Å². The Hall–Kier alpha value is -2.13. The molecule has 0 radical (unpaired) electrons. The second-order valence-corrected chi connectivity index (χ2v) is 8.26. The van der Waals surface area contributed by atoms with Crippen LogP contribution < -0.4 is 10.9 Å². The van der Waals surface area contributed by atoms with Crippen LogP contribution in [-0.2, 0) is 6.18 Å². The van der Waals surface area contributed by atoms with Gasteiger partial charge in [-0.1, -0.05) is 37.3 Å². The average molecular weight is 444 g/mol. The van der Waals surface area contributed by atoms with Crippen molar-refractivity contribution in [2.75, 3.05) is 26.0 Å². The van der Waals surface area contributed by atoms with Crippen molar-refractivity contribution < 1.29 is 13.2 Å². The highest BCUT2D eigenvalue weighted by atomic mass is 35.5. The Balaban J connectivity index is 1.82. The normalized spacial score (nSPS) is 17.0. The number of nitrogens with one attached hydrogen (secondary N) is 1. The smallest absolute Gasteiger partial charge is 0.381 e. The second-order valence-electron chi connectivity index (χ2n) is 7.88. The summed E-state index contributed by atoms with van der Waals surface area (Å²) < 4.78 is 39.0. The first-order valence-electron chi connectivity index (χ1n) is 9.87. The maximum Gasteiger partial charge on any atom is 0.417 e. The van der Waals surface area contributed by atoms with E-state index in [1.54, 1.807) is 0 Å². The Labute approximate surface area is 178 Å². The van der Waals surface area contributed by atoms with Crippen LogP contribution in [0.15, 0.2) is 29.3 Å². The second kappa shape index (κ2) is 8.93. The van der Waals surface area contributed by atoms with Crippen LogP contribution in [-0.4, -0.2) is 45.8 Å². The van der Waals surface area contributed by atoms with E-state index in [1.807, 2.05) is 0 Å². The van der Waals surface area contributed by atoms with Gasteiger partial charge < -0.3 is 10.2 Å². The summed E-state index contributed by atoms with van der Waals surface area (Å²) in [5.41, 5.74) is -1.19. The number of rotatable bonds is 5. The molecule has 1 fully saturated rings. The fourth-order valence-corrected chi connectivity index (χ4v) is 4.02. The van der Waals surface area contributed by atoms with Crippen LogP contribution in [0.4, 0.5) is 18.9 Å². The van der Waals surface area contributed by atoms with Crippen molar-refractivity contribution in [3.63, 3.8) is 0 Å². The first-order chi connectivity index (χ1) is 14.1. The van der Waals surface area contributed by atoms with Gasteiger partial charge in [-0.25, -0.2) is 4.98 Å². The van der Waals surface area contributed by atoms with Crippen molar-refractivity contribution >= 4 is 17.3 Å². The molecule has 0 atom stereocenters. The van der Waals surface area contributed by atoms with E-state index in [9.17, 15) is 18.0 Å². The number of alkyl halides is 3. The zero-order chi connectivity index (χ0) is 21.9. The topological polar surface area (TPSA) is 63.1 Å². The molecule has 0 spiro atoms. The molecule has 0 saturated heterocycles. The van der Waals surface area contributed by atoms with Gasteiger partial charge in [0.1, 0.15) is 5.02 Å².